The monoisotopic (exact) mass is 348 g/mol. The Morgan fingerprint density at radius 3 is 2.12 bits per heavy atom. The van der Waals surface area contributed by atoms with Crippen LogP contribution in [0.25, 0.3) is 0 Å². The van der Waals surface area contributed by atoms with Crippen molar-refractivity contribution in [2.24, 2.45) is 5.92 Å². The molecule has 6 heteroatoms. The first-order valence-corrected chi connectivity index (χ1v) is 8.43. The van der Waals surface area contributed by atoms with Crippen molar-refractivity contribution in [3.63, 3.8) is 0 Å². The summed E-state index contributed by atoms with van der Waals surface area (Å²) in [7, 11) is 1.29. The number of ether oxygens (including phenoxy) is 1. The van der Waals surface area contributed by atoms with Crippen molar-refractivity contribution >= 4 is 17.8 Å². The fourth-order valence-electron chi connectivity index (χ4n) is 2.52. The quantitative estimate of drug-likeness (QED) is 0.701. The molecule has 1 rings (SSSR count). The maximum atomic E-state index is 12.6. The number of methoxy groups -OCH3 is 1. The fourth-order valence-corrected chi connectivity index (χ4v) is 2.52. The summed E-state index contributed by atoms with van der Waals surface area (Å²) < 4.78 is 4.81. The van der Waals surface area contributed by atoms with E-state index in [1.165, 1.54) is 14.0 Å². The summed E-state index contributed by atoms with van der Waals surface area (Å²) in [6.07, 6.45) is 0.816. The van der Waals surface area contributed by atoms with Crippen molar-refractivity contribution in [2.45, 2.75) is 52.6 Å². The van der Waals surface area contributed by atoms with Crippen molar-refractivity contribution in [3.05, 3.63) is 35.4 Å². The number of amides is 2. The van der Waals surface area contributed by atoms with Crippen LogP contribution in [0.5, 0.6) is 0 Å². The summed E-state index contributed by atoms with van der Waals surface area (Å²) >= 11 is 0. The second-order valence-corrected chi connectivity index (χ2v) is 6.66. The van der Waals surface area contributed by atoms with Crippen molar-refractivity contribution in [1.29, 1.82) is 0 Å². The van der Waals surface area contributed by atoms with E-state index in [1.807, 2.05) is 45.0 Å². The first-order chi connectivity index (χ1) is 11.7. The van der Waals surface area contributed by atoms with E-state index in [-0.39, 0.29) is 17.7 Å². The largest absolute Gasteiger partial charge is 0.467 e. The molecule has 0 aliphatic carbocycles. The van der Waals surface area contributed by atoms with Crippen LogP contribution in [-0.2, 0) is 25.5 Å². The van der Waals surface area contributed by atoms with Gasteiger partial charge >= 0.3 is 5.97 Å². The molecular weight excluding hydrogens is 320 g/mol. The zero-order valence-corrected chi connectivity index (χ0v) is 15.6. The molecule has 0 aliphatic rings. The number of carbonyl (C=O) groups is 3. The Kier molecular flexibility index (Phi) is 8.11. The summed E-state index contributed by atoms with van der Waals surface area (Å²) in [4.78, 5) is 36.0. The molecular formula is C19H28N2O4. The Labute approximate surface area is 149 Å². The van der Waals surface area contributed by atoms with Gasteiger partial charge in [-0.1, -0.05) is 43.7 Å². The Hall–Kier alpha value is -2.37. The average Bonchev–Trinajstić information content (AvgIpc) is 2.53. The second kappa shape index (κ2) is 9.81. The van der Waals surface area contributed by atoms with Crippen LogP contribution in [0.4, 0.5) is 0 Å². The Morgan fingerprint density at radius 1 is 1.04 bits per heavy atom. The summed E-state index contributed by atoms with van der Waals surface area (Å²) in [6.45, 7) is 7.27. The Bertz CT molecular complexity index is 596. The second-order valence-electron chi connectivity index (χ2n) is 6.66. The summed E-state index contributed by atoms with van der Waals surface area (Å²) in [5, 5.41) is 5.35. The van der Waals surface area contributed by atoms with Gasteiger partial charge in [-0.25, -0.2) is 4.79 Å². The first kappa shape index (κ1) is 20.7. The van der Waals surface area contributed by atoms with Gasteiger partial charge in [0.2, 0.25) is 11.8 Å². The van der Waals surface area contributed by atoms with E-state index >= 15 is 0 Å². The molecule has 0 spiro atoms. The molecule has 0 saturated heterocycles. The maximum absolute atomic E-state index is 12.6. The molecule has 2 amide bonds. The molecule has 0 saturated carbocycles. The minimum Gasteiger partial charge on any atom is -0.467 e. The maximum Gasteiger partial charge on any atom is 0.328 e. The van der Waals surface area contributed by atoms with Crippen LogP contribution in [0.3, 0.4) is 0 Å². The third-order valence-electron chi connectivity index (χ3n) is 3.76. The third kappa shape index (κ3) is 7.37. The molecule has 0 bridgehead atoms. The molecule has 1 aromatic rings. The van der Waals surface area contributed by atoms with Crippen LogP contribution in [0.2, 0.25) is 0 Å². The van der Waals surface area contributed by atoms with Gasteiger partial charge in [-0.05, 0) is 24.8 Å². The van der Waals surface area contributed by atoms with Gasteiger partial charge in [-0.2, -0.15) is 0 Å². The Morgan fingerprint density at radius 2 is 1.64 bits per heavy atom. The minimum absolute atomic E-state index is 0.219. The number of aryl methyl sites for hydroxylation is 1. The van der Waals surface area contributed by atoms with E-state index in [0.717, 1.165) is 11.1 Å². The molecule has 25 heavy (non-hydrogen) atoms. The van der Waals surface area contributed by atoms with E-state index < -0.39 is 18.1 Å². The van der Waals surface area contributed by atoms with Crippen LogP contribution in [0, 0.1) is 12.8 Å². The lowest BCUT2D eigenvalue weighted by Crippen LogP contribution is -2.52. The SMILES string of the molecule is COC(=O)[C@@H](Cc1ccc(C)cc1)NC(=O)[C@H](CC(C)C)NC(C)=O. The smallest absolute Gasteiger partial charge is 0.328 e. The number of esters is 1. The van der Waals surface area contributed by atoms with E-state index in [4.69, 9.17) is 4.74 Å². The predicted molar refractivity (Wildman–Crippen MR) is 95.9 cm³/mol. The van der Waals surface area contributed by atoms with Crippen molar-refractivity contribution in [3.8, 4) is 0 Å². The fraction of sp³-hybridized carbons (Fsp3) is 0.526. The van der Waals surface area contributed by atoms with Gasteiger partial charge < -0.3 is 15.4 Å². The zero-order valence-electron chi connectivity index (χ0n) is 15.6. The molecule has 0 aromatic heterocycles. The normalized spacial score (nSPS) is 13.0. The standard InChI is InChI=1S/C19H28N2O4/c1-12(2)10-16(20-14(4)22)18(23)21-17(19(24)25-5)11-15-8-6-13(3)7-9-15/h6-9,12,16-17H,10-11H2,1-5H3,(H,20,22)(H,21,23)/t16-,17+/m0/s1. The summed E-state index contributed by atoms with van der Waals surface area (Å²) in [6, 6.07) is 6.24. The van der Waals surface area contributed by atoms with Gasteiger partial charge in [-0.15, -0.1) is 0 Å². The van der Waals surface area contributed by atoms with Crippen LogP contribution in [0.15, 0.2) is 24.3 Å². The molecule has 0 heterocycles. The summed E-state index contributed by atoms with van der Waals surface area (Å²) in [5.41, 5.74) is 2.03. The van der Waals surface area contributed by atoms with Crippen LogP contribution in [0.1, 0.15) is 38.3 Å². The minimum atomic E-state index is -0.802. The molecule has 2 N–H and O–H groups in total. The molecule has 0 fully saturated rings. The molecule has 6 nitrogen and oxygen atoms in total. The summed E-state index contributed by atoms with van der Waals surface area (Å²) in [5.74, 6) is -0.961. The predicted octanol–water partition coefficient (Wildman–Crippen LogP) is 1.75. The molecule has 0 radical (unpaired) electrons. The molecule has 2 atom stereocenters. The highest BCUT2D eigenvalue weighted by molar-refractivity contribution is 5.90. The highest BCUT2D eigenvalue weighted by atomic mass is 16.5. The lowest BCUT2D eigenvalue weighted by atomic mass is 10.0. The van der Waals surface area contributed by atoms with Crippen LogP contribution >= 0.6 is 0 Å². The van der Waals surface area contributed by atoms with E-state index in [2.05, 4.69) is 10.6 Å². The number of hydrogen-bond acceptors (Lipinski definition) is 4. The number of nitrogens with one attached hydrogen (secondary N) is 2. The zero-order chi connectivity index (χ0) is 19.0. The Balaban J connectivity index is 2.87. The van der Waals surface area contributed by atoms with Gasteiger partial charge in [0, 0.05) is 13.3 Å². The van der Waals surface area contributed by atoms with Crippen LogP contribution in [-0.4, -0.2) is 37.0 Å². The van der Waals surface area contributed by atoms with Crippen molar-refractivity contribution in [2.75, 3.05) is 7.11 Å². The molecule has 0 aliphatic heterocycles. The molecule has 1 aromatic carbocycles. The van der Waals surface area contributed by atoms with Gasteiger partial charge in [0.1, 0.15) is 12.1 Å². The number of rotatable bonds is 8. The molecule has 138 valence electrons. The number of hydrogen-bond donors (Lipinski definition) is 2. The van der Waals surface area contributed by atoms with E-state index in [9.17, 15) is 14.4 Å². The van der Waals surface area contributed by atoms with Gasteiger partial charge in [-0.3, -0.25) is 9.59 Å². The van der Waals surface area contributed by atoms with Crippen molar-refractivity contribution in [1.82, 2.24) is 10.6 Å². The highest BCUT2D eigenvalue weighted by Crippen LogP contribution is 2.09. The van der Waals surface area contributed by atoms with E-state index in [0.29, 0.717) is 12.8 Å². The van der Waals surface area contributed by atoms with Gasteiger partial charge in [0.15, 0.2) is 0 Å². The van der Waals surface area contributed by atoms with E-state index in [1.54, 1.807) is 0 Å². The third-order valence-corrected chi connectivity index (χ3v) is 3.76. The van der Waals surface area contributed by atoms with Gasteiger partial charge in [0.25, 0.3) is 0 Å². The topological polar surface area (TPSA) is 84.5 Å². The number of carbonyl (C=O) groups excluding carboxylic acids is 3. The van der Waals surface area contributed by atoms with Crippen molar-refractivity contribution < 1.29 is 19.1 Å². The lowest BCUT2D eigenvalue weighted by molar-refractivity contribution is -0.145. The number of benzene rings is 1. The molecule has 0 unspecified atom stereocenters. The lowest BCUT2D eigenvalue weighted by Gasteiger charge is -2.23. The first-order valence-electron chi connectivity index (χ1n) is 8.43. The van der Waals surface area contributed by atoms with Gasteiger partial charge in [0.05, 0.1) is 7.11 Å². The highest BCUT2D eigenvalue weighted by Gasteiger charge is 2.27. The average molecular weight is 348 g/mol. The van der Waals surface area contributed by atoms with Crippen LogP contribution < -0.4 is 10.6 Å².